The fourth-order valence-electron chi connectivity index (χ4n) is 2.34. The van der Waals surface area contributed by atoms with Gasteiger partial charge in [0.05, 0.1) is 0 Å². The molecular formula is C15H29N3O2. The highest BCUT2D eigenvalue weighted by Gasteiger charge is 2.25. The highest BCUT2D eigenvalue weighted by Crippen LogP contribution is 2.17. The summed E-state index contributed by atoms with van der Waals surface area (Å²) in [7, 11) is 0. The number of carbonyl (C=O) groups excluding carboxylic acids is 2. The Morgan fingerprint density at radius 3 is 2.25 bits per heavy atom. The van der Waals surface area contributed by atoms with E-state index in [1.54, 1.807) is 6.92 Å². The van der Waals surface area contributed by atoms with E-state index in [9.17, 15) is 9.59 Å². The molecule has 0 aliphatic carbocycles. The highest BCUT2D eigenvalue weighted by molar-refractivity contribution is 5.79. The van der Waals surface area contributed by atoms with Gasteiger partial charge in [-0.3, -0.25) is 9.59 Å². The fraction of sp³-hybridized carbons (Fsp3) is 0.867. The Hall–Kier alpha value is -1.10. The summed E-state index contributed by atoms with van der Waals surface area (Å²) in [5.74, 6) is 0.300. The Balaban J connectivity index is 2.13. The van der Waals surface area contributed by atoms with Crippen LogP contribution in [-0.4, -0.2) is 49.4 Å². The molecule has 20 heavy (non-hydrogen) atoms. The molecule has 1 rings (SSSR count). The topological polar surface area (TPSA) is 61.4 Å². The van der Waals surface area contributed by atoms with Crippen LogP contribution in [0.2, 0.25) is 0 Å². The number of hydrogen-bond acceptors (Lipinski definition) is 3. The Morgan fingerprint density at radius 1 is 1.15 bits per heavy atom. The molecule has 0 aromatic rings. The predicted molar refractivity (Wildman–Crippen MR) is 80.3 cm³/mol. The quantitative estimate of drug-likeness (QED) is 0.740. The average Bonchev–Trinajstić information content (AvgIpc) is 2.37. The molecule has 1 aliphatic rings. The van der Waals surface area contributed by atoms with Gasteiger partial charge in [-0.05, 0) is 18.3 Å². The first kappa shape index (κ1) is 17.0. The Labute approximate surface area is 122 Å². The zero-order valence-corrected chi connectivity index (χ0v) is 13.3. The molecule has 0 saturated carbocycles. The second kappa shape index (κ2) is 7.62. The minimum atomic E-state index is 0.0632. The first-order valence-corrected chi connectivity index (χ1v) is 7.53. The van der Waals surface area contributed by atoms with Crippen LogP contribution in [0, 0.1) is 11.3 Å². The number of hydrogen-bond donors (Lipinski definition) is 2. The van der Waals surface area contributed by atoms with Crippen LogP contribution in [-0.2, 0) is 9.59 Å². The molecule has 0 aromatic carbocycles. The number of amides is 2. The van der Waals surface area contributed by atoms with Crippen LogP contribution in [0.15, 0.2) is 0 Å². The SMILES string of the molecule is CC(=O)N1CCC(C(=O)NCCNCC(C)(C)C)CC1. The van der Waals surface area contributed by atoms with Gasteiger partial charge in [-0.1, -0.05) is 20.8 Å². The lowest BCUT2D eigenvalue weighted by molar-refractivity contribution is -0.133. The summed E-state index contributed by atoms with van der Waals surface area (Å²) in [6.07, 6.45) is 1.56. The molecule has 1 saturated heterocycles. The number of nitrogens with zero attached hydrogens (tertiary/aromatic N) is 1. The molecule has 2 N–H and O–H groups in total. The summed E-state index contributed by atoms with van der Waals surface area (Å²) in [4.78, 5) is 25.0. The van der Waals surface area contributed by atoms with Gasteiger partial charge in [-0.25, -0.2) is 0 Å². The summed E-state index contributed by atoms with van der Waals surface area (Å²) in [6, 6.07) is 0. The number of rotatable bonds is 5. The maximum Gasteiger partial charge on any atom is 0.223 e. The van der Waals surface area contributed by atoms with E-state index in [4.69, 9.17) is 0 Å². The Bertz CT molecular complexity index is 329. The molecule has 1 fully saturated rings. The van der Waals surface area contributed by atoms with E-state index in [1.807, 2.05) is 4.90 Å². The third kappa shape index (κ3) is 6.37. The van der Waals surface area contributed by atoms with E-state index in [-0.39, 0.29) is 23.1 Å². The molecule has 0 atom stereocenters. The van der Waals surface area contributed by atoms with E-state index >= 15 is 0 Å². The van der Waals surface area contributed by atoms with Crippen LogP contribution >= 0.6 is 0 Å². The summed E-state index contributed by atoms with van der Waals surface area (Å²) >= 11 is 0. The molecule has 0 bridgehead atoms. The van der Waals surface area contributed by atoms with Crippen molar-refractivity contribution in [3.8, 4) is 0 Å². The molecule has 1 heterocycles. The maximum atomic E-state index is 12.0. The predicted octanol–water partition coefficient (Wildman–Crippen LogP) is 0.997. The van der Waals surface area contributed by atoms with Crippen LogP contribution < -0.4 is 10.6 Å². The van der Waals surface area contributed by atoms with Gasteiger partial charge in [0, 0.05) is 45.6 Å². The van der Waals surface area contributed by atoms with E-state index < -0.39 is 0 Å². The van der Waals surface area contributed by atoms with Gasteiger partial charge in [0.1, 0.15) is 0 Å². The van der Waals surface area contributed by atoms with Crippen molar-refractivity contribution in [2.75, 3.05) is 32.7 Å². The lowest BCUT2D eigenvalue weighted by Crippen LogP contribution is -2.43. The largest absolute Gasteiger partial charge is 0.355 e. The van der Waals surface area contributed by atoms with Crippen molar-refractivity contribution in [2.24, 2.45) is 11.3 Å². The Morgan fingerprint density at radius 2 is 1.75 bits per heavy atom. The molecule has 0 aromatic heterocycles. The molecule has 0 radical (unpaired) electrons. The van der Waals surface area contributed by atoms with Crippen LogP contribution in [0.25, 0.3) is 0 Å². The second-order valence-electron chi connectivity index (χ2n) is 6.81. The fourth-order valence-corrected chi connectivity index (χ4v) is 2.34. The van der Waals surface area contributed by atoms with E-state index in [2.05, 4.69) is 31.4 Å². The van der Waals surface area contributed by atoms with Gasteiger partial charge < -0.3 is 15.5 Å². The van der Waals surface area contributed by atoms with Crippen molar-refractivity contribution in [3.05, 3.63) is 0 Å². The zero-order valence-electron chi connectivity index (χ0n) is 13.3. The third-order valence-corrected chi connectivity index (χ3v) is 3.57. The summed E-state index contributed by atoms with van der Waals surface area (Å²) in [6.45, 7) is 12.0. The van der Waals surface area contributed by atoms with Crippen LogP contribution in [0.5, 0.6) is 0 Å². The molecule has 0 spiro atoms. The first-order chi connectivity index (χ1) is 9.29. The summed E-state index contributed by atoms with van der Waals surface area (Å²) in [5.41, 5.74) is 0.267. The monoisotopic (exact) mass is 283 g/mol. The molecule has 5 nitrogen and oxygen atoms in total. The number of carbonyl (C=O) groups is 2. The van der Waals surface area contributed by atoms with Crippen molar-refractivity contribution in [1.29, 1.82) is 0 Å². The van der Waals surface area contributed by atoms with Gasteiger partial charge >= 0.3 is 0 Å². The molecular weight excluding hydrogens is 254 g/mol. The first-order valence-electron chi connectivity index (χ1n) is 7.53. The van der Waals surface area contributed by atoms with Crippen LogP contribution in [0.4, 0.5) is 0 Å². The summed E-state index contributed by atoms with van der Waals surface area (Å²) < 4.78 is 0. The molecule has 2 amide bonds. The number of likely N-dealkylation sites (tertiary alicyclic amines) is 1. The second-order valence-corrected chi connectivity index (χ2v) is 6.81. The zero-order chi connectivity index (χ0) is 15.2. The van der Waals surface area contributed by atoms with Crippen molar-refractivity contribution in [1.82, 2.24) is 15.5 Å². The number of nitrogens with one attached hydrogen (secondary N) is 2. The highest BCUT2D eigenvalue weighted by atomic mass is 16.2. The number of piperidine rings is 1. The molecule has 0 unspecified atom stereocenters. The Kier molecular flexibility index (Phi) is 6.46. The molecule has 5 heteroatoms. The molecule has 116 valence electrons. The van der Waals surface area contributed by atoms with Gasteiger partial charge in [-0.15, -0.1) is 0 Å². The normalized spacial score (nSPS) is 17.1. The van der Waals surface area contributed by atoms with Crippen molar-refractivity contribution in [3.63, 3.8) is 0 Å². The van der Waals surface area contributed by atoms with E-state index in [1.165, 1.54) is 0 Å². The lowest BCUT2D eigenvalue weighted by atomic mass is 9.96. The maximum absolute atomic E-state index is 12.0. The smallest absolute Gasteiger partial charge is 0.223 e. The lowest BCUT2D eigenvalue weighted by Gasteiger charge is -2.30. The van der Waals surface area contributed by atoms with Gasteiger partial charge in [0.2, 0.25) is 11.8 Å². The van der Waals surface area contributed by atoms with E-state index in [0.29, 0.717) is 19.6 Å². The molecule has 1 aliphatic heterocycles. The van der Waals surface area contributed by atoms with Crippen molar-refractivity contribution >= 4 is 11.8 Å². The van der Waals surface area contributed by atoms with E-state index in [0.717, 1.165) is 25.9 Å². The van der Waals surface area contributed by atoms with Crippen molar-refractivity contribution < 1.29 is 9.59 Å². The van der Waals surface area contributed by atoms with Gasteiger partial charge in [0.25, 0.3) is 0 Å². The van der Waals surface area contributed by atoms with Crippen LogP contribution in [0.3, 0.4) is 0 Å². The minimum absolute atomic E-state index is 0.0632. The third-order valence-electron chi connectivity index (χ3n) is 3.57. The minimum Gasteiger partial charge on any atom is -0.355 e. The summed E-state index contributed by atoms with van der Waals surface area (Å²) in [5, 5.41) is 6.32. The van der Waals surface area contributed by atoms with Gasteiger partial charge in [0.15, 0.2) is 0 Å². The van der Waals surface area contributed by atoms with Gasteiger partial charge in [-0.2, -0.15) is 0 Å². The standard InChI is InChI=1S/C15H29N3O2/c1-12(19)18-9-5-13(6-10-18)14(20)17-8-7-16-11-15(2,3)4/h13,16H,5-11H2,1-4H3,(H,17,20). The van der Waals surface area contributed by atoms with Crippen LogP contribution in [0.1, 0.15) is 40.5 Å². The van der Waals surface area contributed by atoms with Crippen molar-refractivity contribution in [2.45, 2.75) is 40.5 Å². The average molecular weight is 283 g/mol.